The van der Waals surface area contributed by atoms with Gasteiger partial charge in [-0.3, -0.25) is 4.79 Å². The molecule has 0 radical (unpaired) electrons. The van der Waals surface area contributed by atoms with E-state index >= 15 is 0 Å². The molecule has 3 N–H and O–H groups in total. The van der Waals surface area contributed by atoms with Crippen molar-refractivity contribution in [2.75, 3.05) is 18.5 Å². The number of hydrogen-bond donors (Lipinski definition) is 2. The molecule has 0 saturated carbocycles. The Bertz CT molecular complexity index is 430. The van der Waals surface area contributed by atoms with Crippen LogP contribution in [-0.2, 0) is 16.0 Å². The molecule has 18 heavy (non-hydrogen) atoms. The molecular formula is C14H20N2O2. The molecule has 0 bridgehead atoms. The van der Waals surface area contributed by atoms with Crippen LogP contribution in [0.4, 0.5) is 5.69 Å². The van der Waals surface area contributed by atoms with Crippen molar-refractivity contribution in [3.8, 4) is 0 Å². The van der Waals surface area contributed by atoms with Crippen molar-refractivity contribution in [1.29, 1.82) is 0 Å². The van der Waals surface area contributed by atoms with Crippen LogP contribution < -0.4 is 11.1 Å². The molecule has 1 amide bonds. The van der Waals surface area contributed by atoms with E-state index in [9.17, 15) is 4.79 Å². The van der Waals surface area contributed by atoms with Crippen molar-refractivity contribution in [2.45, 2.75) is 26.3 Å². The number of benzene rings is 1. The van der Waals surface area contributed by atoms with Crippen molar-refractivity contribution in [3.63, 3.8) is 0 Å². The summed E-state index contributed by atoms with van der Waals surface area (Å²) in [5.41, 5.74) is 7.35. The molecule has 98 valence electrons. The van der Waals surface area contributed by atoms with Crippen LogP contribution >= 0.6 is 0 Å². The molecule has 1 aromatic carbocycles. The maximum atomic E-state index is 12.2. The lowest BCUT2D eigenvalue weighted by molar-refractivity contribution is -0.125. The minimum absolute atomic E-state index is 0.0725. The lowest BCUT2D eigenvalue weighted by atomic mass is 9.85. The third-order valence-corrected chi connectivity index (χ3v) is 3.66. The van der Waals surface area contributed by atoms with Gasteiger partial charge in [0.25, 0.3) is 0 Å². The van der Waals surface area contributed by atoms with E-state index in [1.54, 1.807) is 0 Å². The molecule has 1 fully saturated rings. The molecule has 4 heteroatoms. The summed E-state index contributed by atoms with van der Waals surface area (Å²) in [7, 11) is 0. The Morgan fingerprint density at radius 1 is 1.50 bits per heavy atom. The average Bonchev–Trinajstić information content (AvgIpc) is 2.72. The second kappa shape index (κ2) is 5.08. The Morgan fingerprint density at radius 2 is 2.17 bits per heavy atom. The van der Waals surface area contributed by atoms with Gasteiger partial charge in [0, 0.05) is 11.7 Å². The SMILES string of the molecule is CCc1ccc(NC(=O)C2(C)COCC2N)cc1. The molecule has 2 rings (SSSR count). The van der Waals surface area contributed by atoms with Crippen LogP contribution in [0, 0.1) is 5.41 Å². The van der Waals surface area contributed by atoms with E-state index in [2.05, 4.69) is 12.2 Å². The highest BCUT2D eigenvalue weighted by atomic mass is 16.5. The van der Waals surface area contributed by atoms with E-state index in [0.29, 0.717) is 13.2 Å². The minimum atomic E-state index is -0.635. The van der Waals surface area contributed by atoms with E-state index in [4.69, 9.17) is 10.5 Å². The molecule has 2 atom stereocenters. The first-order chi connectivity index (χ1) is 8.56. The number of anilines is 1. The summed E-state index contributed by atoms with van der Waals surface area (Å²) in [6.45, 7) is 4.77. The number of nitrogens with one attached hydrogen (secondary N) is 1. The van der Waals surface area contributed by atoms with E-state index < -0.39 is 5.41 Å². The molecule has 1 saturated heterocycles. The number of ether oxygens (including phenoxy) is 1. The standard InChI is InChI=1S/C14H20N2O2/c1-3-10-4-6-11(7-5-10)16-13(17)14(2)9-18-8-12(14)15/h4-7,12H,3,8-9,15H2,1-2H3,(H,16,17). The maximum Gasteiger partial charge on any atom is 0.234 e. The maximum absolute atomic E-state index is 12.2. The van der Waals surface area contributed by atoms with Crippen molar-refractivity contribution in [1.82, 2.24) is 0 Å². The summed E-state index contributed by atoms with van der Waals surface area (Å²) >= 11 is 0. The zero-order chi connectivity index (χ0) is 13.2. The van der Waals surface area contributed by atoms with Crippen LogP contribution in [0.1, 0.15) is 19.4 Å². The Kier molecular flexibility index (Phi) is 3.68. The summed E-state index contributed by atoms with van der Waals surface area (Å²) in [4.78, 5) is 12.2. The largest absolute Gasteiger partial charge is 0.379 e. The highest BCUT2D eigenvalue weighted by Crippen LogP contribution is 2.28. The third-order valence-electron chi connectivity index (χ3n) is 3.66. The minimum Gasteiger partial charge on any atom is -0.379 e. The van der Waals surface area contributed by atoms with Gasteiger partial charge in [0.15, 0.2) is 0 Å². The van der Waals surface area contributed by atoms with Crippen LogP contribution in [0.5, 0.6) is 0 Å². The van der Waals surface area contributed by atoms with Crippen LogP contribution in [0.25, 0.3) is 0 Å². The van der Waals surface area contributed by atoms with Gasteiger partial charge >= 0.3 is 0 Å². The lowest BCUT2D eigenvalue weighted by Gasteiger charge is -2.25. The van der Waals surface area contributed by atoms with E-state index in [-0.39, 0.29) is 11.9 Å². The quantitative estimate of drug-likeness (QED) is 0.853. The third kappa shape index (κ3) is 2.40. The second-order valence-electron chi connectivity index (χ2n) is 5.04. The van der Waals surface area contributed by atoms with Crippen molar-refractivity contribution in [3.05, 3.63) is 29.8 Å². The first-order valence-electron chi connectivity index (χ1n) is 6.30. The number of amides is 1. The first kappa shape index (κ1) is 13.1. The lowest BCUT2D eigenvalue weighted by Crippen LogP contribution is -2.47. The average molecular weight is 248 g/mol. The Balaban J connectivity index is 2.06. The highest BCUT2D eigenvalue weighted by Gasteiger charge is 2.44. The van der Waals surface area contributed by atoms with Gasteiger partial charge in [-0.05, 0) is 31.0 Å². The summed E-state index contributed by atoms with van der Waals surface area (Å²) in [6, 6.07) is 7.63. The molecule has 0 aromatic heterocycles. The first-order valence-corrected chi connectivity index (χ1v) is 6.30. The van der Waals surface area contributed by atoms with Crippen molar-refractivity contribution >= 4 is 11.6 Å². The number of rotatable bonds is 3. The van der Waals surface area contributed by atoms with Gasteiger partial charge in [-0.2, -0.15) is 0 Å². The van der Waals surface area contributed by atoms with Gasteiger partial charge in [0.1, 0.15) is 0 Å². The summed E-state index contributed by atoms with van der Waals surface area (Å²) in [5.74, 6) is -0.0725. The highest BCUT2D eigenvalue weighted by molar-refractivity contribution is 5.96. The molecule has 1 aliphatic heterocycles. The predicted molar refractivity (Wildman–Crippen MR) is 71.4 cm³/mol. The zero-order valence-electron chi connectivity index (χ0n) is 10.9. The summed E-state index contributed by atoms with van der Waals surface area (Å²) in [5, 5.41) is 2.91. The molecular weight excluding hydrogens is 228 g/mol. The van der Waals surface area contributed by atoms with Gasteiger partial charge in [-0.25, -0.2) is 0 Å². The fourth-order valence-electron chi connectivity index (χ4n) is 2.02. The molecule has 2 unspecified atom stereocenters. The normalized spacial score (nSPS) is 27.2. The van der Waals surface area contributed by atoms with Gasteiger partial charge in [0.05, 0.1) is 18.6 Å². The fourth-order valence-corrected chi connectivity index (χ4v) is 2.02. The second-order valence-corrected chi connectivity index (χ2v) is 5.04. The van der Waals surface area contributed by atoms with Crippen LogP contribution in [0.15, 0.2) is 24.3 Å². The Labute approximate surface area is 108 Å². The monoisotopic (exact) mass is 248 g/mol. The molecule has 0 aliphatic carbocycles. The molecule has 0 spiro atoms. The van der Waals surface area contributed by atoms with Gasteiger partial charge in [-0.15, -0.1) is 0 Å². The molecule has 4 nitrogen and oxygen atoms in total. The summed E-state index contributed by atoms with van der Waals surface area (Å²) in [6.07, 6.45) is 0.991. The smallest absolute Gasteiger partial charge is 0.234 e. The fraction of sp³-hybridized carbons (Fsp3) is 0.500. The van der Waals surface area contributed by atoms with Gasteiger partial charge in [-0.1, -0.05) is 19.1 Å². The molecule has 1 heterocycles. The molecule has 1 aliphatic rings. The van der Waals surface area contributed by atoms with E-state index in [1.165, 1.54) is 5.56 Å². The van der Waals surface area contributed by atoms with Crippen LogP contribution in [0.2, 0.25) is 0 Å². The van der Waals surface area contributed by atoms with Gasteiger partial charge in [0.2, 0.25) is 5.91 Å². The van der Waals surface area contributed by atoms with Crippen LogP contribution in [0.3, 0.4) is 0 Å². The number of carbonyl (C=O) groups excluding carboxylic acids is 1. The number of aryl methyl sites for hydroxylation is 1. The van der Waals surface area contributed by atoms with E-state index in [0.717, 1.165) is 12.1 Å². The topological polar surface area (TPSA) is 64.3 Å². The van der Waals surface area contributed by atoms with E-state index in [1.807, 2.05) is 31.2 Å². The van der Waals surface area contributed by atoms with Crippen LogP contribution in [-0.4, -0.2) is 25.2 Å². The number of carbonyl (C=O) groups is 1. The Hall–Kier alpha value is -1.39. The van der Waals surface area contributed by atoms with Gasteiger partial charge < -0.3 is 15.8 Å². The number of nitrogens with two attached hydrogens (primary N) is 1. The van der Waals surface area contributed by atoms with Crippen molar-refractivity contribution < 1.29 is 9.53 Å². The van der Waals surface area contributed by atoms with Crippen molar-refractivity contribution in [2.24, 2.45) is 11.1 Å². The predicted octanol–water partition coefficient (Wildman–Crippen LogP) is 1.55. The Morgan fingerprint density at radius 3 is 2.67 bits per heavy atom. The number of hydrogen-bond acceptors (Lipinski definition) is 3. The molecule has 1 aromatic rings. The zero-order valence-corrected chi connectivity index (χ0v) is 10.9. The summed E-state index contributed by atoms with van der Waals surface area (Å²) < 4.78 is 5.28.